The molecule has 1 heterocycles. The molecule has 1 aromatic heterocycles. The molecule has 0 aliphatic carbocycles. The van der Waals surface area contributed by atoms with E-state index in [1.165, 1.54) is 0 Å². The number of aromatic nitrogens is 3. The van der Waals surface area contributed by atoms with Crippen molar-refractivity contribution in [2.24, 2.45) is 0 Å². The van der Waals surface area contributed by atoms with Crippen molar-refractivity contribution >= 4 is 107 Å². The third-order valence-electron chi connectivity index (χ3n) is 0.755. The van der Waals surface area contributed by atoms with Crippen LogP contribution in [0.15, 0.2) is 0 Å². The molecule has 0 amide bonds. The van der Waals surface area contributed by atoms with Gasteiger partial charge in [-0.25, -0.2) is 10.0 Å². The molecule has 10 heteroatoms. The van der Waals surface area contributed by atoms with Crippen molar-refractivity contribution in [2.45, 2.75) is 0 Å². The Morgan fingerprint density at radius 3 is 2.00 bits per heavy atom. The van der Waals surface area contributed by atoms with Crippen LogP contribution in [0, 0.1) is 4.64 Å². The number of nitrogens with zero attached hydrogens (tertiary/aromatic N) is 1. The van der Waals surface area contributed by atoms with Gasteiger partial charge in [0.25, 0.3) is 0 Å². The fraction of sp³-hybridized carbons (Fsp3) is 0. The summed E-state index contributed by atoms with van der Waals surface area (Å²) in [6.45, 7) is 0. The molecule has 0 aromatic carbocycles. The Balaban J connectivity index is -0.000000101. The van der Waals surface area contributed by atoms with Crippen LogP contribution in [0.5, 0.6) is 0 Å². The molecule has 13 heavy (non-hydrogen) atoms. The van der Waals surface area contributed by atoms with Crippen molar-refractivity contribution in [3.05, 3.63) is 10.3 Å². The van der Waals surface area contributed by atoms with Gasteiger partial charge in [0.15, 0.2) is 4.64 Å². The smallest absolute Gasteiger partial charge is 0.359 e. The first-order valence-corrected chi connectivity index (χ1v) is 2.49. The van der Waals surface area contributed by atoms with Gasteiger partial charge in [-0.2, -0.15) is 0 Å². The average molecular weight is 232 g/mol. The fourth-order valence-corrected chi connectivity index (χ4v) is 0.568. The van der Waals surface area contributed by atoms with E-state index in [1.54, 1.807) is 0 Å². The summed E-state index contributed by atoms with van der Waals surface area (Å²) in [4.78, 5) is 10.1. The molecule has 0 saturated carbocycles. The second-order valence-electron chi connectivity index (χ2n) is 1.33. The van der Waals surface area contributed by atoms with E-state index in [0.29, 0.717) is 0 Å². The maximum absolute atomic E-state index is 10.1. The average Bonchev–Trinajstić information content (AvgIpc) is 2.13. The molecular formula is C3H5N3Na3O3S. The van der Waals surface area contributed by atoms with Gasteiger partial charge in [0.1, 0.15) is 0 Å². The third kappa shape index (κ3) is 7.69. The Kier molecular flexibility index (Phi) is 22.0. The first-order valence-electron chi connectivity index (χ1n) is 2.08. The summed E-state index contributed by atoms with van der Waals surface area (Å²) in [5.74, 6) is -1.13. The number of carboxylic acids is 1. The minimum Gasteiger partial charge on any atom is -0.476 e. The van der Waals surface area contributed by atoms with Crippen LogP contribution in [0.25, 0.3) is 0 Å². The van der Waals surface area contributed by atoms with Gasteiger partial charge in [0.05, 0.1) is 0 Å². The van der Waals surface area contributed by atoms with Crippen LogP contribution in [0.1, 0.15) is 10.5 Å². The van der Waals surface area contributed by atoms with E-state index in [4.69, 9.17) is 5.11 Å². The normalized spacial score (nSPS) is 6.46. The largest absolute Gasteiger partial charge is 0.476 e. The molecule has 1 aromatic rings. The van der Waals surface area contributed by atoms with Crippen LogP contribution in [-0.2, 0) is 0 Å². The molecule has 0 saturated heterocycles. The molecule has 59 valence electrons. The summed E-state index contributed by atoms with van der Waals surface area (Å²) in [5.41, 5.74) is -0.148. The molecule has 0 unspecified atom stereocenters. The van der Waals surface area contributed by atoms with Crippen molar-refractivity contribution in [3.8, 4) is 0 Å². The standard InChI is InChI=1S/C3H3N3O2S.3Na.H2O/c7-3(8)1-2(9)5-6-4-1;;;;/h(H,7,8)(H2,4,5,6,9);;;;1H2. The van der Waals surface area contributed by atoms with Gasteiger partial charge in [-0.3, -0.25) is 5.10 Å². The molecule has 5 N–H and O–H groups in total. The van der Waals surface area contributed by atoms with Gasteiger partial charge in [0, 0.05) is 88.7 Å². The van der Waals surface area contributed by atoms with Gasteiger partial charge in [-0.1, -0.05) is 12.2 Å². The molecule has 0 aliphatic heterocycles. The van der Waals surface area contributed by atoms with Crippen LogP contribution in [0.3, 0.4) is 0 Å². The molecule has 0 spiro atoms. The molecule has 3 radical (unpaired) electrons. The van der Waals surface area contributed by atoms with E-state index in [9.17, 15) is 4.79 Å². The van der Waals surface area contributed by atoms with E-state index < -0.39 is 5.97 Å². The predicted octanol–water partition coefficient (Wildman–Crippen LogP) is -1.80. The van der Waals surface area contributed by atoms with Crippen LogP contribution >= 0.6 is 12.2 Å². The van der Waals surface area contributed by atoms with E-state index in [1.807, 2.05) is 0 Å². The minimum absolute atomic E-state index is 0. The monoisotopic (exact) mass is 232 g/mol. The zero-order valence-electron chi connectivity index (χ0n) is 7.71. The molecule has 0 bridgehead atoms. The predicted molar refractivity (Wildman–Crippen MR) is 51.6 cm³/mol. The number of nitrogens with one attached hydrogen (secondary N) is 2. The van der Waals surface area contributed by atoms with Crippen molar-refractivity contribution < 1.29 is 15.4 Å². The second-order valence-corrected chi connectivity index (χ2v) is 1.74. The van der Waals surface area contributed by atoms with E-state index in [0.717, 1.165) is 0 Å². The quantitative estimate of drug-likeness (QED) is 0.391. The summed E-state index contributed by atoms with van der Waals surface area (Å²) >= 11 is 4.53. The van der Waals surface area contributed by atoms with Crippen molar-refractivity contribution in [1.82, 2.24) is 15.4 Å². The molecule has 1 rings (SSSR count). The van der Waals surface area contributed by atoms with Crippen molar-refractivity contribution in [1.29, 1.82) is 0 Å². The fourth-order valence-electron chi connectivity index (χ4n) is 0.390. The Morgan fingerprint density at radius 1 is 1.38 bits per heavy atom. The maximum atomic E-state index is 10.1. The molecule has 6 nitrogen and oxygen atoms in total. The summed E-state index contributed by atoms with van der Waals surface area (Å²) in [5, 5.41) is 16.2. The summed E-state index contributed by atoms with van der Waals surface area (Å²) in [7, 11) is 0. The zero-order chi connectivity index (χ0) is 6.85. The summed E-state index contributed by atoms with van der Waals surface area (Å²) in [6, 6.07) is 0. The number of aromatic carboxylic acids is 1. The number of aromatic amines is 2. The zero-order valence-corrected chi connectivity index (χ0v) is 14.5. The van der Waals surface area contributed by atoms with Crippen molar-refractivity contribution in [3.63, 3.8) is 0 Å². The Morgan fingerprint density at radius 2 is 1.85 bits per heavy atom. The summed E-state index contributed by atoms with van der Waals surface area (Å²) < 4.78 is 0.113. The first-order chi connectivity index (χ1) is 4.22. The Hall–Kier alpha value is 1.79. The second kappa shape index (κ2) is 11.9. The first kappa shape index (κ1) is 24.2. The van der Waals surface area contributed by atoms with E-state index in [-0.39, 0.29) is 104 Å². The van der Waals surface area contributed by atoms with Crippen LogP contribution in [0.4, 0.5) is 0 Å². The number of carbonyl (C=O) groups is 1. The number of rotatable bonds is 1. The molecule has 0 aliphatic rings. The van der Waals surface area contributed by atoms with Crippen LogP contribution in [0.2, 0.25) is 0 Å². The molecule has 0 atom stereocenters. The molecular weight excluding hydrogens is 227 g/mol. The van der Waals surface area contributed by atoms with Crippen LogP contribution < -0.4 is 0 Å². The minimum atomic E-state index is -1.13. The Bertz CT molecular complexity index is 287. The van der Waals surface area contributed by atoms with Crippen LogP contribution in [-0.4, -0.2) is 121 Å². The van der Waals surface area contributed by atoms with Crippen molar-refractivity contribution in [2.75, 3.05) is 0 Å². The van der Waals surface area contributed by atoms with Gasteiger partial charge in [0.2, 0.25) is 5.69 Å². The maximum Gasteiger partial charge on any atom is 0.359 e. The van der Waals surface area contributed by atoms with Gasteiger partial charge >= 0.3 is 5.97 Å². The number of hydrogen-bond donors (Lipinski definition) is 3. The van der Waals surface area contributed by atoms with E-state index in [2.05, 4.69) is 27.6 Å². The third-order valence-corrected chi connectivity index (χ3v) is 1.05. The SMILES string of the molecule is O.O=C(O)c1n[nH][nH]c1=S.[Na].[Na].[Na]. The molecule has 0 fully saturated rings. The summed E-state index contributed by atoms with van der Waals surface area (Å²) in [6.07, 6.45) is 0. The Labute approximate surface area is 145 Å². The number of carboxylic acid groups (broad SMARTS) is 1. The van der Waals surface area contributed by atoms with Gasteiger partial charge < -0.3 is 10.6 Å². The number of hydrogen-bond acceptors (Lipinski definition) is 3. The topological polar surface area (TPSA) is 113 Å². The number of H-pyrrole nitrogens is 2. The van der Waals surface area contributed by atoms with Gasteiger partial charge in [-0.05, 0) is 0 Å². The van der Waals surface area contributed by atoms with E-state index >= 15 is 0 Å². The van der Waals surface area contributed by atoms with Gasteiger partial charge in [-0.15, -0.1) is 5.10 Å².